The van der Waals surface area contributed by atoms with E-state index in [2.05, 4.69) is 39.2 Å². The highest BCUT2D eigenvalue weighted by Gasteiger charge is 2.12. The quantitative estimate of drug-likeness (QED) is 0.393. The van der Waals surface area contributed by atoms with E-state index in [4.69, 9.17) is 23.2 Å². The van der Waals surface area contributed by atoms with Crippen molar-refractivity contribution in [3.8, 4) is 11.1 Å². The van der Waals surface area contributed by atoms with Crippen LogP contribution in [0, 0.1) is 0 Å². The second-order valence-corrected chi connectivity index (χ2v) is 5.45. The number of nitrogens with zero attached hydrogens (tertiary/aromatic N) is 2. The average molecular weight is 314 g/mol. The van der Waals surface area contributed by atoms with Crippen LogP contribution in [-0.2, 0) is 0 Å². The number of rotatable bonds is 1. The highest BCUT2D eigenvalue weighted by atomic mass is 35.5. The molecular weight excluding hydrogens is 305 g/mol. The Morgan fingerprint density at radius 3 is 2.48 bits per heavy atom. The van der Waals surface area contributed by atoms with Gasteiger partial charge in [-0.15, -0.1) is 0 Å². The van der Waals surface area contributed by atoms with Crippen molar-refractivity contribution in [2.45, 2.75) is 0 Å². The molecule has 0 saturated carbocycles. The van der Waals surface area contributed by atoms with Crippen molar-refractivity contribution in [1.82, 2.24) is 15.0 Å². The van der Waals surface area contributed by atoms with Crippen LogP contribution in [0.2, 0.25) is 10.4 Å². The summed E-state index contributed by atoms with van der Waals surface area (Å²) in [5, 5.41) is 1.47. The van der Waals surface area contributed by atoms with Gasteiger partial charge in [0.15, 0.2) is 5.15 Å². The second-order valence-electron chi connectivity index (χ2n) is 4.76. The molecule has 0 aliphatic carbocycles. The zero-order chi connectivity index (χ0) is 14.4. The van der Waals surface area contributed by atoms with Crippen molar-refractivity contribution >= 4 is 45.1 Å². The topological polar surface area (TPSA) is 41.6 Å². The molecule has 4 aromatic rings. The standard InChI is InChI=1S/C16H9Cl2N3/c17-15-14-13(20-16(18)21-15)11-8-10(6-7-12(11)19-14)9-4-2-1-3-5-9/h1-8,19H. The van der Waals surface area contributed by atoms with Crippen molar-refractivity contribution in [3.63, 3.8) is 0 Å². The molecule has 0 atom stereocenters. The normalized spacial score (nSPS) is 11.3. The number of benzene rings is 2. The Kier molecular flexibility index (Phi) is 2.84. The van der Waals surface area contributed by atoms with E-state index in [9.17, 15) is 0 Å². The third kappa shape index (κ3) is 2.06. The number of hydrogen-bond donors (Lipinski definition) is 1. The number of halogens is 2. The Morgan fingerprint density at radius 2 is 1.67 bits per heavy atom. The number of H-pyrrole nitrogens is 1. The predicted molar refractivity (Wildman–Crippen MR) is 86.9 cm³/mol. The molecule has 0 aliphatic rings. The van der Waals surface area contributed by atoms with E-state index < -0.39 is 0 Å². The van der Waals surface area contributed by atoms with Gasteiger partial charge in [-0.1, -0.05) is 48.0 Å². The van der Waals surface area contributed by atoms with Gasteiger partial charge in [-0.25, -0.2) is 9.97 Å². The first kappa shape index (κ1) is 12.6. The molecule has 5 heteroatoms. The SMILES string of the molecule is Clc1nc(Cl)c2[nH]c3ccc(-c4ccccc4)cc3c2n1. The van der Waals surface area contributed by atoms with Gasteiger partial charge < -0.3 is 4.98 Å². The maximum atomic E-state index is 6.12. The molecule has 1 N–H and O–H groups in total. The maximum Gasteiger partial charge on any atom is 0.224 e. The Morgan fingerprint density at radius 1 is 0.857 bits per heavy atom. The zero-order valence-electron chi connectivity index (χ0n) is 10.8. The average Bonchev–Trinajstić information content (AvgIpc) is 2.86. The Balaban J connectivity index is 2.05. The smallest absolute Gasteiger partial charge is 0.224 e. The monoisotopic (exact) mass is 313 g/mol. The fraction of sp³-hybridized carbons (Fsp3) is 0. The minimum atomic E-state index is 0.151. The van der Waals surface area contributed by atoms with Gasteiger partial charge >= 0.3 is 0 Å². The lowest BCUT2D eigenvalue weighted by molar-refractivity contribution is 1.22. The number of hydrogen-bond acceptors (Lipinski definition) is 2. The molecule has 0 radical (unpaired) electrons. The predicted octanol–water partition coefficient (Wildman–Crippen LogP) is 5.08. The summed E-state index contributed by atoms with van der Waals surface area (Å²) in [6.45, 7) is 0. The lowest BCUT2D eigenvalue weighted by Crippen LogP contribution is -1.84. The maximum absolute atomic E-state index is 6.12. The largest absolute Gasteiger partial charge is 0.351 e. The van der Waals surface area contributed by atoms with Crippen LogP contribution in [0.1, 0.15) is 0 Å². The fourth-order valence-corrected chi connectivity index (χ4v) is 2.94. The first-order valence-electron chi connectivity index (χ1n) is 6.42. The fourth-order valence-electron chi connectivity index (χ4n) is 2.51. The molecule has 0 amide bonds. The van der Waals surface area contributed by atoms with Gasteiger partial charge in [-0.3, -0.25) is 0 Å². The lowest BCUT2D eigenvalue weighted by atomic mass is 10.0. The number of aromatic amines is 1. The summed E-state index contributed by atoms with van der Waals surface area (Å²) >= 11 is 12.0. The van der Waals surface area contributed by atoms with E-state index in [-0.39, 0.29) is 5.28 Å². The van der Waals surface area contributed by atoms with Crippen molar-refractivity contribution in [2.24, 2.45) is 0 Å². The molecule has 3 nitrogen and oxygen atoms in total. The van der Waals surface area contributed by atoms with E-state index in [1.807, 2.05) is 24.3 Å². The van der Waals surface area contributed by atoms with Gasteiger partial charge in [-0.05, 0) is 34.9 Å². The van der Waals surface area contributed by atoms with Gasteiger partial charge in [0, 0.05) is 10.9 Å². The first-order valence-corrected chi connectivity index (χ1v) is 7.18. The van der Waals surface area contributed by atoms with Crippen molar-refractivity contribution < 1.29 is 0 Å². The molecule has 0 unspecified atom stereocenters. The van der Waals surface area contributed by atoms with Crippen LogP contribution in [0.4, 0.5) is 0 Å². The molecule has 4 rings (SSSR count). The molecular formula is C16H9Cl2N3. The molecule has 0 bridgehead atoms. The van der Waals surface area contributed by atoms with Crippen LogP contribution in [0.5, 0.6) is 0 Å². The van der Waals surface area contributed by atoms with Gasteiger partial charge in [0.2, 0.25) is 5.28 Å². The zero-order valence-corrected chi connectivity index (χ0v) is 12.3. The van der Waals surface area contributed by atoms with Crippen molar-refractivity contribution in [3.05, 3.63) is 59.0 Å². The van der Waals surface area contributed by atoms with Crippen LogP contribution in [-0.4, -0.2) is 15.0 Å². The van der Waals surface area contributed by atoms with E-state index in [1.54, 1.807) is 0 Å². The van der Waals surface area contributed by atoms with E-state index in [0.717, 1.165) is 27.5 Å². The minimum Gasteiger partial charge on any atom is -0.351 e. The molecule has 2 heterocycles. The number of aromatic nitrogens is 3. The van der Waals surface area contributed by atoms with Gasteiger partial charge in [0.05, 0.1) is 0 Å². The van der Waals surface area contributed by atoms with Crippen LogP contribution in [0.15, 0.2) is 48.5 Å². The molecule has 2 aromatic heterocycles. The Labute approximate surface area is 130 Å². The minimum absolute atomic E-state index is 0.151. The summed E-state index contributed by atoms with van der Waals surface area (Å²) < 4.78 is 0. The summed E-state index contributed by atoms with van der Waals surface area (Å²) in [5.74, 6) is 0. The molecule has 21 heavy (non-hydrogen) atoms. The van der Waals surface area contributed by atoms with Crippen LogP contribution in [0.3, 0.4) is 0 Å². The Hall–Kier alpha value is -2.10. The highest BCUT2D eigenvalue weighted by Crippen LogP contribution is 2.31. The van der Waals surface area contributed by atoms with Crippen LogP contribution < -0.4 is 0 Å². The van der Waals surface area contributed by atoms with Crippen molar-refractivity contribution in [1.29, 1.82) is 0 Å². The second kappa shape index (κ2) is 4.72. The molecule has 102 valence electrons. The lowest BCUT2D eigenvalue weighted by Gasteiger charge is -2.01. The first-order chi connectivity index (χ1) is 10.2. The molecule has 0 aliphatic heterocycles. The number of fused-ring (bicyclic) bond motifs is 3. The third-order valence-corrected chi connectivity index (χ3v) is 3.92. The van der Waals surface area contributed by atoms with Gasteiger partial charge in [0.1, 0.15) is 11.0 Å². The molecule has 0 spiro atoms. The summed E-state index contributed by atoms with van der Waals surface area (Å²) in [7, 11) is 0. The van der Waals surface area contributed by atoms with Crippen LogP contribution >= 0.6 is 23.2 Å². The van der Waals surface area contributed by atoms with Gasteiger partial charge in [-0.2, -0.15) is 0 Å². The highest BCUT2D eigenvalue weighted by molar-refractivity contribution is 6.36. The number of nitrogens with one attached hydrogen (secondary N) is 1. The summed E-state index contributed by atoms with van der Waals surface area (Å²) in [5.41, 5.74) is 4.69. The molecule has 0 fully saturated rings. The summed E-state index contributed by atoms with van der Waals surface area (Å²) in [4.78, 5) is 11.5. The van der Waals surface area contributed by atoms with Crippen LogP contribution in [0.25, 0.3) is 33.1 Å². The van der Waals surface area contributed by atoms with E-state index in [1.165, 1.54) is 0 Å². The summed E-state index contributed by atoms with van der Waals surface area (Å²) in [6, 6.07) is 16.4. The summed E-state index contributed by atoms with van der Waals surface area (Å²) in [6.07, 6.45) is 0. The third-order valence-electron chi connectivity index (χ3n) is 3.48. The van der Waals surface area contributed by atoms with Gasteiger partial charge in [0.25, 0.3) is 0 Å². The molecule has 0 saturated heterocycles. The van der Waals surface area contributed by atoms with E-state index in [0.29, 0.717) is 10.7 Å². The molecule has 2 aromatic carbocycles. The van der Waals surface area contributed by atoms with Crippen molar-refractivity contribution in [2.75, 3.05) is 0 Å². The van der Waals surface area contributed by atoms with E-state index >= 15 is 0 Å². The Bertz CT molecular complexity index is 962.